The first-order valence-corrected chi connectivity index (χ1v) is 4.77. The molecule has 0 aliphatic carbocycles. The van der Waals surface area contributed by atoms with Crippen molar-refractivity contribution in [3.8, 4) is 11.4 Å². The number of aromatic nitrogens is 4. The number of hydrogen-bond acceptors (Lipinski definition) is 4. The summed E-state index contributed by atoms with van der Waals surface area (Å²) in [6, 6.07) is 7.34. The standard InChI is InChI=1S/C10H11N5O/c1-7(16)11-9-5-3-8(4-6-9)10-12-13-14-15(10)2/h3-6H,1-2H3,(H,11,16). The van der Waals surface area contributed by atoms with Gasteiger partial charge in [-0.2, -0.15) is 0 Å². The van der Waals surface area contributed by atoms with E-state index >= 15 is 0 Å². The van der Waals surface area contributed by atoms with Crippen molar-refractivity contribution in [2.75, 3.05) is 5.32 Å². The third-order valence-corrected chi connectivity index (χ3v) is 2.08. The van der Waals surface area contributed by atoms with Gasteiger partial charge in [0.2, 0.25) is 5.91 Å². The number of rotatable bonds is 2. The molecule has 6 heteroatoms. The maximum absolute atomic E-state index is 10.8. The monoisotopic (exact) mass is 217 g/mol. The summed E-state index contributed by atoms with van der Waals surface area (Å²) >= 11 is 0. The van der Waals surface area contributed by atoms with Gasteiger partial charge in [-0.1, -0.05) is 0 Å². The van der Waals surface area contributed by atoms with Crippen LogP contribution < -0.4 is 5.32 Å². The van der Waals surface area contributed by atoms with Crippen molar-refractivity contribution in [2.24, 2.45) is 7.05 Å². The zero-order chi connectivity index (χ0) is 11.5. The minimum Gasteiger partial charge on any atom is -0.326 e. The molecule has 1 amide bonds. The van der Waals surface area contributed by atoms with Crippen molar-refractivity contribution >= 4 is 11.6 Å². The highest BCUT2D eigenvalue weighted by Crippen LogP contribution is 2.17. The average molecular weight is 217 g/mol. The number of anilines is 1. The van der Waals surface area contributed by atoms with E-state index in [-0.39, 0.29) is 5.91 Å². The van der Waals surface area contributed by atoms with Gasteiger partial charge in [-0.15, -0.1) is 5.10 Å². The average Bonchev–Trinajstić information content (AvgIpc) is 2.65. The zero-order valence-corrected chi connectivity index (χ0v) is 9.01. The Morgan fingerprint density at radius 3 is 2.50 bits per heavy atom. The first kappa shape index (κ1) is 10.3. The topological polar surface area (TPSA) is 72.7 Å². The second kappa shape index (κ2) is 4.09. The van der Waals surface area contributed by atoms with Crippen molar-refractivity contribution in [1.29, 1.82) is 0 Å². The second-order valence-corrected chi connectivity index (χ2v) is 3.38. The molecule has 1 heterocycles. The number of hydrogen-bond donors (Lipinski definition) is 1. The number of nitrogens with one attached hydrogen (secondary N) is 1. The second-order valence-electron chi connectivity index (χ2n) is 3.38. The fourth-order valence-corrected chi connectivity index (χ4v) is 1.38. The van der Waals surface area contributed by atoms with Crippen molar-refractivity contribution in [3.05, 3.63) is 24.3 Å². The minimum absolute atomic E-state index is 0.0897. The van der Waals surface area contributed by atoms with E-state index in [9.17, 15) is 4.79 Å². The number of tetrazole rings is 1. The molecule has 0 saturated carbocycles. The summed E-state index contributed by atoms with van der Waals surface area (Å²) in [4.78, 5) is 10.8. The van der Waals surface area contributed by atoms with Crippen LogP contribution in [0.1, 0.15) is 6.92 Å². The van der Waals surface area contributed by atoms with Gasteiger partial charge in [-0.05, 0) is 34.7 Å². The summed E-state index contributed by atoms with van der Waals surface area (Å²) in [6.45, 7) is 1.47. The van der Waals surface area contributed by atoms with Crippen LogP contribution in [0.5, 0.6) is 0 Å². The van der Waals surface area contributed by atoms with E-state index in [4.69, 9.17) is 0 Å². The maximum Gasteiger partial charge on any atom is 0.221 e. The lowest BCUT2D eigenvalue weighted by molar-refractivity contribution is -0.114. The highest BCUT2D eigenvalue weighted by Gasteiger charge is 2.05. The quantitative estimate of drug-likeness (QED) is 0.808. The predicted octanol–water partition coefficient (Wildman–Crippen LogP) is 0.835. The highest BCUT2D eigenvalue weighted by molar-refractivity contribution is 5.88. The Hall–Kier alpha value is -2.24. The molecule has 0 spiro atoms. The van der Waals surface area contributed by atoms with Crippen molar-refractivity contribution in [2.45, 2.75) is 6.92 Å². The number of benzene rings is 1. The molecule has 0 atom stereocenters. The summed E-state index contributed by atoms with van der Waals surface area (Å²) in [5.74, 6) is 0.599. The van der Waals surface area contributed by atoms with Gasteiger partial charge in [0.15, 0.2) is 5.82 Å². The van der Waals surface area contributed by atoms with Gasteiger partial charge < -0.3 is 5.32 Å². The Bertz CT molecular complexity index is 502. The summed E-state index contributed by atoms with van der Waals surface area (Å²) in [7, 11) is 1.77. The van der Waals surface area contributed by atoms with E-state index in [2.05, 4.69) is 20.8 Å². The molecule has 0 aliphatic rings. The number of aryl methyl sites for hydroxylation is 1. The molecule has 1 aromatic heterocycles. The Morgan fingerprint density at radius 2 is 2.00 bits per heavy atom. The number of carbonyl (C=O) groups is 1. The molecular formula is C10H11N5O. The minimum atomic E-state index is -0.0897. The van der Waals surface area contributed by atoms with Gasteiger partial charge in [-0.25, -0.2) is 4.68 Å². The van der Waals surface area contributed by atoms with E-state index in [1.165, 1.54) is 6.92 Å². The van der Waals surface area contributed by atoms with E-state index in [0.29, 0.717) is 5.82 Å². The molecule has 16 heavy (non-hydrogen) atoms. The van der Waals surface area contributed by atoms with E-state index < -0.39 is 0 Å². The molecule has 2 rings (SSSR count). The Morgan fingerprint density at radius 1 is 1.31 bits per heavy atom. The normalized spacial score (nSPS) is 10.1. The van der Waals surface area contributed by atoms with Crippen LogP contribution in [0.4, 0.5) is 5.69 Å². The largest absolute Gasteiger partial charge is 0.326 e. The molecule has 6 nitrogen and oxygen atoms in total. The van der Waals surface area contributed by atoms with Gasteiger partial charge in [0.1, 0.15) is 0 Å². The summed E-state index contributed by atoms with van der Waals surface area (Å²) < 4.78 is 1.59. The molecule has 1 N–H and O–H groups in total. The van der Waals surface area contributed by atoms with Gasteiger partial charge in [0.25, 0.3) is 0 Å². The van der Waals surface area contributed by atoms with Crippen LogP contribution in [0, 0.1) is 0 Å². The number of carbonyl (C=O) groups excluding carboxylic acids is 1. The molecule has 0 saturated heterocycles. The molecule has 0 aliphatic heterocycles. The van der Waals surface area contributed by atoms with Crippen LogP contribution in [0.3, 0.4) is 0 Å². The Kier molecular flexibility index (Phi) is 2.63. The van der Waals surface area contributed by atoms with Gasteiger partial charge in [0, 0.05) is 25.2 Å². The van der Waals surface area contributed by atoms with Crippen molar-refractivity contribution < 1.29 is 4.79 Å². The SMILES string of the molecule is CC(=O)Nc1ccc(-c2nnnn2C)cc1. The van der Waals surface area contributed by atoms with Gasteiger partial charge in [-0.3, -0.25) is 4.79 Å². The van der Waals surface area contributed by atoms with E-state index in [1.54, 1.807) is 11.7 Å². The number of nitrogens with zero attached hydrogens (tertiary/aromatic N) is 4. The summed E-state index contributed by atoms with van der Waals surface area (Å²) in [5, 5.41) is 13.9. The van der Waals surface area contributed by atoms with Gasteiger partial charge in [0.05, 0.1) is 0 Å². The van der Waals surface area contributed by atoms with Crippen LogP contribution in [0.2, 0.25) is 0 Å². The third-order valence-electron chi connectivity index (χ3n) is 2.08. The zero-order valence-electron chi connectivity index (χ0n) is 9.01. The maximum atomic E-state index is 10.8. The fraction of sp³-hybridized carbons (Fsp3) is 0.200. The molecular weight excluding hydrogens is 206 g/mol. The van der Waals surface area contributed by atoms with Crippen LogP contribution in [-0.4, -0.2) is 26.1 Å². The van der Waals surface area contributed by atoms with Gasteiger partial charge >= 0.3 is 0 Å². The highest BCUT2D eigenvalue weighted by atomic mass is 16.1. The predicted molar refractivity (Wildman–Crippen MR) is 58.5 cm³/mol. The molecule has 0 fully saturated rings. The lowest BCUT2D eigenvalue weighted by Crippen LogP contribution is -2.05. The van der Waals surface area contributed by atoms with Crippen LogP contribution in [0.25, 0.3) is 11.4 Å². The summed E-state index contributed by atoms with van der Waals surface area (Å²) in [5.41, 5.74) is 1.66. The molecule has 2 aromatic rings. The van der Waals surface area contributed by atoms with E-state index in [1.807, 2.05) is 24.3 Å². The Labute approximate surface area is 92.3 Å². The summed E-state index contributed by atoms with van der Waals surface area (Å²) in [6.07, 6.45) is 0. The first-order chi connectivity index (χ1) is 7.66. The molecule has 1 aromatic carbocycles. The lowest BCUT2D eigenvalue weighted by Gasteiger charge is -2.03. The molecule has 82 valence electrons. The Balaban J connectivity index is 2.26. The lowest BCUT2D eigenvalue weighted by atomic mass is 10.2. The molecule has 0 unspecified atom stereocenters. The number of amides is 1. The van der Waals surface area contributed by atoms with Crippen LogP contribution in [0.15, 0.2) is 24.3 Å². The van der Waals surface area contributed by atoms with Crippen LogP contribution in [-0.2, 0) is 11.8 Å². The molecule has 0 bridgehead atoms. The smallest absolute Gasteiger partial charge is 0.221 e. The van der Waals surface area contributed by atoms with Crippen molar-refractivity contribution in [1.82, 2.24) is 20.2 Å². The third kappa shape index (κ3) is 2.05. The van der Waals surface area contributed by atoms with E-state index in [0.717, 1.165) is 11.3 Å². The molecule has 0 radical (unpaired) electrons. The van der Waals surface area contributed by atoms with Crippen molar-refractivity contribution in [3.63, 3.8) is 0 Å². The fourth-order valence-electron chi connectivity index (χ4n) is 1.38. The van der Waals surface area contributed by atoms with Crippen LogP contribution >= 0.6 is 0 Å². The first-order valence-electron chi connectivity index (χ1n) is 4.77.